The third-order valence-corrected chi connectivity index (χ3v) is 3.66. The second-order valence-corrected chi connectivity index (χ2v) is 5.20. The molecule has 2 unspecified atom stereocenters. The standard InChI is InChI=1S/C15H24FN3O/c1-5-6-10(2)19(4)11(3)15(20)18-14-8-7-12(16)9-13(14)17/h7-11H,5-6,17H2,1-4H3,(H,18,20). The van der Waals surface area contributed by atoms with Crippen LogP contribution in [-0.2, 0) is 4.79 Å². The summed E-state index contributed by atoms with van der Waals surface area (Å²) in [5, 5.41) is 2.74. The molecule has 1 rings (SSSR count). The van der Waals surface area contributed by atoms with Gasteiger partial charge in [-0.15, -0.1) is 0 Å². The Balaban J connectivity index is 2.70. The Labute approximate surface area is 120 Å². The van der Waals surface area contributed by atoms with Crippen LogP contribution >= 0.6 is 0 Å². The van der Waals surface area contributed by atoms with Gasteiger partial charge in [-0.3, -0.25) is 9.69 Å². The molecule has 0 saturated carbocycles. The highest BCUT2D eigenvalue weighted by Crippen LogP contribution is 2.20. The summed E-state index contributed by atoms with van der Waals surface area (Å²) < 4.78 is 13.0. The highest BCUT2D eigenvalue weighted by molar-refractivity contribution is 5.97. The van der Waals surface area contributed by atoms with Gasteiger partial charge in [-0.1, -0.05) is 13.3 Å². The quantitative estimate of drug-likeness (QED) is 0.788. The van der Waals surface area contributed by atoms with Crippen molar-refractivity contribution in [3.63, 3.8) is 0 Å². The first-order valence-corrected chi connectivity index (χ1v) is 6.94. The van der Waals surface area contributed by atoms with Crippen molar-refractivity contribution in [1.29, 1.82) is 0 Å². The number of nitrogen functional groups attached to an aromatic ring is 1. The molecular formula is C15H24FN3O. The van der Waals surface area contributed by atoms with Crippen molar-refractivity contribution < 1.29 is 9.18 Å². The molecule has 0 heterocycles. The predicted molar refractivity (Wildman–Crippen MR) is 81.0 cm³/mol. The minimum atomic E-state index is -0.415. The molecule has 5 heteroatoms. The van der Waals surface area contributed by atoms with Crippen LogP contribution in [0.3, 0.4) is 0 Å². The molecule has 0 aliphatic rings. The van der Waals surface area contributed by atoms with E-state index in [-0.39, 0.29) is 17.6 Å². The molecule has 0 aliphatic heterocycles. The summed E-state index contributed by atoms with van der Waals surface area (Å²) in [7, 11) is 1.93. The van der Waals surface area contributed by atoms with Gasteiger partial charge in [-0.05, 0) is 45.5 Å². The van der Waals surface area contributed by atoms with Crippen molar-refractivity contribution in [3.05, 3.63) is 24.0 Å². The van der Waals surface area contributed by atoms with Crippen LogP contribution in [0.2, 0.25) is 0 Å². The van der Waals surface area contributed by atoms with Gasteiger partial charge in [0.05, 0.1) is 17.4 Å². The number of nitrogens with zero attached hydrogens (tertiary/aromatic N) is 1. The Bertz CT molecular complexity index is 464. The van der Waals surface area contributed by atoms with Crippen molar-refractivity contribution in [2.45, 2.75) is 45.7 Å². The van der Waals surface area contributed by atoms with Crippen LogP contribution in [0.4, 0.5) is 15.8 Å². The third kappa shape index (κ3) is 4.20. The number of amides is 1. The summed E-state index contributed by atoms with van der Waals surface area (Å²) in [5.74, 6) is -0.559. The summed E-state index contributed by atoms with van der Waals surface area (Å²) in [6, 6.07) is 4.00. The number of hydrogen-bond donors (Lipinski definition) is 2. The van der Waals surface area contributed by atoms with Crippen LogP contribution in [0, 0.1) is 5.82 Å². The molecule has 3 N–H and O–H groups in total. The summed E-state index contributed by atoms with van der Waals surface area (Å²) in [6.45, 7) is 6.06. The smallest absolute Gasteiger partial charge is 0.241 e. The van der Waals surface area contributed by atoms with Crippen LogP contribution in [0.5, 0.6) is 0 Å². The van der Waals surface area contributed by atoms with Gasteiger partial charge in [0.15, 0.2) is 0 Å². The topological polar surface area (TPSA) is 58.4 Å². The van der Waals surface area contributed by atoms with E-state index in [9.17, 15) is 9.18 Å². The molecule has 0 spiro atoms. The Hall–Kier alpha value is -1.62. The molecule has 1 aromatic carbocycles. The molecule has 0 saturated heterocycles. The fourth-order valence-electron chi connectivity index (χ4n) is 2.07. The Kier molecular flexibility index (Phi) is 5.95. The van der Waals surface area contributed by atoms with Crippen LogP contribution in [0.1, 0.15) is 33.6 Å². The molecule has 0 aromatic heterocycles. The fourth-order valence-corrected chi connectivity index (χ4v) is 2.07. The molecule has 4 nitrogen and oxygen atoms in total. The van der Waals surface area contributed by atoms with E-state index in [1.165, 1.54) is 18.2 Å². The van der Waals surface area contributed by atoms with Gasteiger partial charge in [-0.2, -0.15) is 0 Å². The van der Waals surface area contributed by atoms with Gasteiger partial charge in [0.25, 0.3) is 0 Å². The maximum atomic E-state index is 13.0. The van der Waals surface area contributed by atoms with Gasteiger partial charge in [0.2, 0.25) is 5.91 Å². The van der Waals surface area contributed by atoms with Gasteiger partial charge in [-0.25, -0.2) is 4.39 Å². The maximum Gasteiger partial charge on any atom is 0.241 e. The molecule has 0 bridgehead atoms. The number of benzene rings is 1. The first kappa shape index (κ1) is 16.4. The lowest BCUT2D eigenvalue weighted by Gasteiger charge is -2.29. The lowest BCUT2D eigenvalue weighted by molar-refractivity contribution is -0.121. The average molecular weight is 281 g/mol. The zero-order chi connectivity index (χ0) is 15.3. The Morgan fingerprint density at radius 1 is 1.45 bits per heavy atom. The largest absolute Gasteiger partial charge is 0.397 e. The van der Waals surface area contributed by atoms with E-state index in [1.807, 2.05) is 18.9 Å². The molecule has 1 aromatic rings. The van der Waals surface area contributed by atoms with E-state index in [0.717, 1.165) is 12.8 Å². The average Bonchev–Trinajstić information content (AvgIpc) is 2.40. The number of nitrogens with two attached hydrogens (primary N) is 1. The lowest BCUT2D eigenvalue weighted by Crippen LogP contribution is -2.44. The van der Waals surface area contributed by atoms with Gasteiger partial charge >= 0.3 is 0 Å². The van der Waals surface area contributed by atoms with Crippen molar-refractivity contribution >= 4 is 17.3 Å². The van der Waals surface area contributed by atoms with Gasteiger partial charge < -0.3 is 11.1 Å². The van der Waals surface area contributed by atoms with Crippen molar-refractivity contribution in [2.75, 3.05) is 18.1 Å². The summed E-state index contributed by atoms with van der Waals surface area (Å²) in [5.41, 5.74) is 6.36. The first-order chi connectivity index (χ1) is 9.36. The minimum absolute atomic E-state index is 0.145. The van der Waals surface area contributed by atoms with E-state index in [4.69, 9.17) is 5.73 Å². The summed E-state index contributed by atoms with van der Waals surface area (Å²) in [6.07, 6.45) is 2.11. The third-order valence-electron chi connectivity index (χ3n) is 3.66. The molecule has 112 valence electrons. The molecule has 1 amide bonds. The Morgan fingerprint density at radius 3 is 2.65 bits per heavy atom. The fraction of sp³-hybridized carbons (Fsp3) is 0.533. The second-order valence-electron chi connectivity index (χ2n) is 5.20. The van der Waals surface area contributed by atoms with Gasteiger partial charge in [0.1, 0.15) is 5.82 Å². The van der Waals surface area contributed by atoms with Crippen molar-refractivity contribution in [2.24, 2.45) is 0 Å². The molecule has 2 atom stereocenters. The van der Waals surface area contributed by atoms with E-state index in [1.54, 1.807) is 0 Å². The number of halogens is 1. The number of hydrogen-bond acceptors (Lipinski definition) is 3. The summed E-state index contributed by atoms with van der Waals surface area (Å²) >= 11 is 0. The maximum absolute atomic E-state index is 13.0. The SMILES string of the molecule is CCCC(C)N(C)C(C)C(=O)Nc1ccc(F)cc1N. The van der Waals surface area contributed by atoms with Crippen molar-refractivity contribution in [1.82, 2.24) is 4.90 Å². The summed E-state index contributed by atoms with van der Waals surface area (Å²) in [4.78, 5) is 14.2. The second kappa shape index (κ2) is 7.24. The number of rotatable bonds is 6. The van der Waals surface area contributed by atoms with Crippen LogP contribution in [0.25, 0.3) is 0 Å². The van der Waals surface area contributed by atoms with E-state index in [2.05, 4.69) is 19.2 Å². The number of carbonyl (C=O) groups is 1. The molecule has 0 fully saturated rings. The molecule has 20 heavy (non-hydrogen) atoms. The predicted octanol–water partition coefficient (Wildman–Crippen LogP) is 2.86. The minimum Gasteiger partial charge on any atom is -0.397 e. The zero-order valence-electron chi connectivity index (χ0n) is 12.6. The number of anilines is 2. The Morgan fingerprint density at radius 2 is 2.10 bits per heavy atom. The zero-order valence-corrected chi connectivity index (χ0v) is 12.6. The highest BCUT2D eigenvalue weighted by atomic mass is 19.1. The van der Waals surface area contributed by atoms with Crippen molar-refractivity contribution in [3.8, 4) is 0 Å². The highest BCUT2D eigenvalue weighted by Gasteiger charge is 2.22. The number of nitrogens with one attached hydrogen (secondary N) is 1. The number of likely N-dealkylation sites (N-methyl/N-ethyl adjacent to an activating group) is 1. The first-order valence-electron chi connectivity index (χ1n) is 6.94. The van der Waals surface area contributed by atoms with Crippen LogP contribution in [-0.4, -0.2) is 29.9 Å². The van der Waals surface area contributed by atoms with Gasteiger partial charge in [0, 0.05) is 6.04 Å². The normalized spacial score (nSPS) is 14.1. The van der Waals surface area contributed by atoms with Crippen LogP contribution < -0.4 is 11.1 Å². The van der Waals surface area contributed by atoms with Crippen LogP contribution in [0.15, 0.2) is 18.2 Å². The van der Waals surface area contributed by atoms with E-state index >= 15 is 0 Å². The molecule has 0 aliphatic carbocycles. The monoisotopic (exact) mass is 281 g/mol. The molecule has 0 radical (unpaired) electrons. The lowest BCUT2D eigenvalue weighted by atomic mass is 10.1. The van der Waals surface area contributed by atoms with E-state index < -0.39 is 5.82 Å². The number of carbonyl (C=O) groups excluding carboxylic acids is 1. The molecular weight excluding hydrogens is 257 g/mol. The van der Waals surface area contributed by atoms with E-state index in [0.29, 0.717) is 11.7 Å².